The van der Waals surface area contributed by atoms with Crippen LogP contribution in [0.5, 0.6) is 0 Å². The van der Waals surface area contributed by atoms with Gasteiger partial charge in [-0.1, -0.05) is 13.8 Å². The third kappa shape index (κ3) is 2.39. The number of hydrogen-bond acceptors (Lipinski definition) is 4. The van der Waals surface area contributed by atoms with Gasteiger partial charge in [-0.3, -0.25) is 9.89 Å². The van der Waals surface area contributed by atoms with Crippen molar-refractivity contribution in [3.8, 4) is 0 Å². The molecule has 0 spiro atoms. The minimum absolute atomic E-state index is 0.0815. The largest absolute Gasteiger partial charge is 0.468 e. The number of H-pyrrole nitrogens is 1. The first-order valence-electron chi connectivity index (χ1n) is 7.92. The van der Waals surface area contributed by atoms with Crippen molar-refractivity contribution in [3.05, 3.63) is 58.0 Å². The van der Waals surface area contributed by atoms with Gasteiger partial charge in [-0.25, -0.2) is 9.50 Å². The van der Waals surface area contributed by atoms with Crippen LogP contribution in [0.3, 0.4) is 0 Å². The molecule has 4 rings (SSSR count). The molecule has 1 unspecified atom stereocenters. The van der Waals surface area contributed by atoms with Crippen LogP contribution in [0.1, 0.15) is 49.7 Å². The van der Waals surface area contributed by atoms with E-state index < -0.39 is 0 Å². The summed E-state index contributed by atoms with van der Waals surface area (Å²) in [5, 5.41) is 6.37. The number of aromatic nitrogens is 3. The Hall–Kier alpha value is -2.34. The van der Waals surface area contributed by atoms with Crippen molar-refractivity contribution >= 4 is 5.65 Å². The second kappa shape index (κ2) is 5.09. The third-order valence-corrected chi connectivity index (χ3v) is 4.71. The highest BCUT2D eigenvalue weighted by Gasteiger charge is 2.35. The molecule has 2 N–H and O–H groups in total. The van der Waals surface area contributed by atoms with Crippen molar-refractivity contribution in [2.24, 2.45) is 0 Å². The molecular formula is C17H20N4O2. The van der Waals surface area contributed by atoms with Crippen LogP contribution in [-0.2, 0) is 12.0 Å². The molecule has 3 heterocycles. The first kappa shape index (κ1) is 14.3. The minimum atomic E-state index is -0.0921. The van der Waals surface area contributed by atoms with Crippen molar-refractivity contribution in [3.63, 3.8) is 0 Å². The maximum Gasteiger partial charge on any atom is 0.272 e. The van der Waals surface area contributed by atoms with Gasteiger partial charge in [-0.05, 0) is 18.9 Å². The number of fused-ring (bicyclic) bond motifs is 2. The molecule has 0 bridgehead atoms. The molecule has 0 aliphatic heterocycles. The standard InChI is InChI=1S/C17H20N4O2/c1-17(2)6-3-13(12-5-8-23-16(12)17)18-10-11-9-15(22)21-14(20-11)4-7-19-21/h4-5,7-9,13,18-19H,3,6,10H2,1-2H3. The maximum absolute atomic E-state index is 12.0. The van der Waals surface area contributed by atoms with Gasteiger partial charge in [-0.2, -0.15) is 0 Å². The van der Waals surface area contributed by atoms with Gasteiger partial charge in [0.05, 0.1) is 12.0 Å². The predicted molar refractivity (Wildman–Crippen MR) is 86.4 cm³/mol. The van der Waals surface area contributed by atoms with E-state index in [2.05, 4.69) is 29.2 Å². The molecule has 6 heteroatoms. The van der Waals surface area contributed by atoms with Crippen LogP contribution < -0.4 is 10.9 Å². The van der Waals surface area contributed by atoms with Gasteiger partial charge in [-0.15, -0.1) is 0 Å². The average Bonchev–Trinajstić information content (AvgIpc) is 3.15. The summed E-state index contributed by atoms with van der Waals surface area (Å²) < 4.78 is 7.14. The van der Waals surface area contributed by atoms with Gasteiger partial charge in [0.15, 0.2) is 5.65 Å². The fourth-order valence-electron chi connectivity index (χ4n) is 3.43. The number of nitrogens with zero attached hydrogens (tertiary/aromatic N) is 2. The fourth-order valence-corrected chi connectivity index (χ4v) is 3.43. The second-order valence-electron chi connectivity index (χ2n) is 6.80. The molecule has 1 aliphatic rings. The Morgan fingerprint density at radius 1 is 1.48 bits per heavy atom. The van der Waals surface area contributed by atoms with Gasteiger partial charge >= 0.3 is 0 Å². The molecule has 0 radical (unpaired) electrons. The van der Waals surface area contributed by atoms with Crippen LogP contribution in [0.4, 0.5) is 0 Å². The zero-order valence-corrected chi connectivity index (χ0v) is 13.3. The molecule has 1 atom stereocenters. The van der Waals surface area contributed by atoms with Gasteiger partial charge in [0.25, 0.3) is 5.56 Å². The minimum Gasteiger partial charge on any atom is -0.468 e. The van der Waals surface area contributed by atoms with E-state index in [0.717, 1.165) is 24.3 Å². The van der Waals surface area contributed by atoms with Crippen molar-refractivity contribution in [2.75, 3.05) is 0 Å². The number of rotatable bonds is 3. The molecule has 23 heavy (non-hydrogen) atoms. The zero-order valence-electron chi connectivity index (χ0n) is 13.3. The summed E-state index contributed by atoms with van der Waals surface area (Å²) >= 11 is 0. The van der Waals surface area contributed by atoms with Gasteiger partial charge in [0.2, 0.25) is 0 Å². The highest BCUT2D eigenvalue weighted by atomic mass is 16.3. The van der Waals surface area contributed by atoms with Crippen LogP contribution in [-0.4, -0.2) is 14.6 Å². The first-order chi connectivity index (χ1) is 11.0. The lowest BCUT2D eigenvalue weighted by Crippen LogP contribution is -2.32. The van der Waals surface area contributed by atoms with Crippen molar-refractivity contribution in [1.29, 1.82) is 0 Å². The summed E-state index contributed by atoms with van der Waals surface area (Å²) in [7, 11) is 0. The first-order valence-corrected chi connectivity index (χ1v) is 7.92. The summed E-state index contributed by atoms with van der Waals surface area (Å²) in [4.78, 5) is 16.5. The summed E-state index contributed by atoms with van der Waals surface area (Å²) in [5.74, 6) is 1.07. The number of aromatic amines is 1. The Bertz CT molecular complexity index is 903. The summed E-state index contributed by atoms with van der Waals surface area (Å²) in [6.07, 6.45) is 5.59. The van der Waals surface area contributed by atoms with Crippen molar-refractivity contribution < 1.29 is 4.42 Å². The third-order valence-electron chi connectivity index (χ3n) is 4.71. The second-order valence-corrected chi connectivity index (χ2v) is 6.80. The molecule has 3 aromatic heterocycles. The zero-order chi connectivity index (χ0) is 16.0. The van der Waals surface area contributed by atoms with Gasteiger partial charge in [0, 0.05) is 41.9 Å². The Morgan fingerprint density at radius 3 is 3.22 bits per heavy atom. The van der Waals surface area contributed by atoms with Gasteiger partial charge in [0.1, 0.15) is 5.76 Å². The SMILES string of the molecule is CC1(C)CCC(NCc2cc(=O)n3[nH]ccc3n2)c2ccoc21. The number of furan rings is 1. The highest BCUT2D eigenvalue weighted by Crippen LogP contribution is 2.42. The van der Waals surface area contributed by atoms with E-state index in [1.54, 1.807) is 24.6 Å². The van der Waals surface area contributed by atoms with Gasteiger partial charge < -0.3 is 9.73 Å². The molecular weight excluding hydrogens is 292 g/mol. The van der Waals surface area contributed by atoms with Crippen molar-refractivity contribution in [1.82, 2.24) is 19.9 Å². The molecule has 0 saturated heterocycles. The number of nitrogens with one attached hydrogen (secondary N) is 2. The summed E-state index contributed by atoms with van der Waals surface area (Å²) in [6, 6.07) is 5.65. The van der Waals surface area contributed by atoms with Crippen LogP contribution in [0.15, 0.2) is 39.9 Å². The quantitative estimate of drug-likeness (QED) is 0.779. The van der Waals surface area contributed by atoms with Crippen LogP contribution in [0, 0.1) is 0 Å². The van der Waals surface area contributed by atoms with E-state index in [-0.39, 0.29) is 17.0 Å². The topological polar surface area (TPSA) is 75.3 Å². The molecule has 1 aliphatic carbocycles. The average molecular weight is 312 g/mol. The Kier molecular flexibility index (Phi) is 3.16. The molecule has 0 aromatic carbocycles. The predicted octanol–water partition coefficient (Wildman–Crippen LogP) is 2.52. The van der Waals surface area contributed by atoms with Crippen LogP contribution in [0.25, 0.3) is 5.65 Å². The fraction of sp³-hybridized carbons (Fsp3) is 0.412. The molecule has 0 fully saturated rings. The van der Waals surface area contributed by atoms with E-state index in [1.807, 2.05) is 6.07 Å². The Labute approximate surface area is 133 Å². The Balaban J connectivity index is 1.56. The maximum atomic E-state index is 12.0. The molecule has 120 valence electrons. The van der Waals surface area contributed by atoms with Crippen LogP contribution in [0.2, 0.25) is 0 Å². The molecule has 3 aromatic rings. The lowest BCUT2D eigenvalue weighted by molar-refractivity contribution is 0.296. The molecule has 6 nitrogen and oxygen atoms in total. The van der Waals surface area contributed by atoms with E-state index in [0.29, 0.717) is 12.2 Å². The lowest BCUT2D eigenvalue weighted by atomic mass is 9.75. The summed E-state index contributed by atoms with van der Waals surface area (Å²) in [6.45, 7) is 4.99. The molecule has 0 saturated carbocycles. The lowest BCUT2D eigenvalue weighted by Gasteiger charge is -2.33. The smallest absolute Gasteiger partial charge is 0.272 e. The monoisotopic (exact) mass is 312 g/mol. The van der Waals surface area contributed by atoms with E-state index in [9.17, 15) is 4.79 Å². The Morgan fingerprint density at radius 2 is 2.35 bits per heavy atom. The van der Waals surface area contributed by atoms with Crippen LogP contribution >= 0.6 is 0 Å². The van der Waals surface area contributed by atoms with E-state index in [4.69, 9.17) is 4.42 Å². The van der Waals surface area contributed by atoms with Crippen molar-refractivity contribution in [2.45, 2.75) is 44.7 Å². The molecule has 0 amide bonds. The van der Waals surface area contributed by atoms with E-state index in [1.165, 1.54) is 10.1 Å². The van der Waals surface area contributed by atoms with E-state index >= 15 is 0 Å². The normalized spacial score (nSPS) is 19.8. The summed E-state index contributed by atoms with van der Waals surface area (Å²) in [5.41, 5.74) is 2.61. The highest BCUT2D eigenvalue weighted by molar-refractivity contribution is 5.36. The number of hydrogen-bond donors (Lipinski definition) is 2.